The van der Waals surface area contributed by atoms with E-state index in [1.54, 1.807) is 5.82 Å². The molecule has 0 aromatic carbocycles. The van der Waals surface area contributed by atoms with Gasteiger partial charge in [-0.25, -0.2) is 0 Å². The van der Waals surface area contributed by atoms with Gasteiger partial charge in [0.25, 0.3) is 6.79 Å². The molecule has 0 aromatic heterocycles. The third-order valence-electron chi connectivity index (χ3n) is 0. The summed E-state index contributed by atoms with van der Waals surface area (Å²) in [5.74, 6) is 1.75. The van der Waals surface area contributed by atoms with Gasteiger partial charge in [0.05, 0.1) is 0 Å². The van der Waals surface area contributed by atoms with E-state index in [0.29, 0.717) is 0 Å². The van der Waals surface area contributed by atoms with Gasteiger partial charge in [0, 0.05) is 0 Å². The van der Waals surface area contributed by atoms with Crippen molar-refractivity contribution >= 4 is 6.79 Å². The molecule has 1 nitrogen and oxygen atoms in total. The molecule has 0 saturated carbocycles. The Balaban J connectivity index is 0. The Bertz CT molecular complexity index is 6.00. The van der Waals surface area contributed by atoms with Gasteiger partial charge in [-0.05, 0) is 0 Å². The second kappa shape index (κ2) is 426. The monoisotopic (exact) mass is 99.0 g/mol. The Kier molecular flexibility index (Phi) is 947. The summed E-state index contributed by atoms with van der Waals surface area (Å²) < 4.78 is 0. The predicted molar refractivity (Wildman–Crippen MR) is 11.6 cm³/mol. The minimum absolute atomic E-state index is 1.75. The molecular formula is C2H3FeO. The van der Waals surface area contributed by atoms with Crippen LogP contribution in [0, 0.1) is 0 Å². The molecule has 0 bridgehead atoms. The van der Waals surface area contributed by atoms with Crippen LogP contribution in [0.25, 0.3) is 0 Å². The minimum Gasteiger partial charge on any atom is -0.281 e. The van der Waals surface area contributed by atoms with E-state index in [2.05, 4.69) is 22.8 Å². The Morgan fingerprint density at radius 3 is 1.50 bits per heavy atom. The van der Waals surface area contributed by atoms with Gasteiger partial charge in [0.15, 0.2) is 0 Å². The molecule has 0 atom stereocenters. The Morgan fingerprint density at radius 1 is 1.50 bits per heavy atom. The molecule has 0 fully saturated rings. The van der Waals surface area contributed by atoms with Gasteiger partial charge in [-0.15, -0.1) is 0 Å². The summed E-state index contributed by atoms with van der Waals surface area (Å²) in [5.41, 5.74) is 0. The quantitative estimate of drug-likeness (QED) is 0.396. The van der Waals surface area contributed by atoms with Crippen LogP contribution in [-0.2, 0) is 20.8 Å². The van der Waals surface area contributed by atoms with Gasteiger partial charge in [-0.1, -0.05) is 0 Å². The molecule has 0 spiro atoms. The molecule has 0 heterocycles. The summed E-state index contributed by atoms with van der Waals surface area (Å²) in [6, 6.07) is 0. The molecular weight excluding hydrogens is 95.9 g/mol. The van der Waals surface area contributed by atoms with E-state index in [9.17, 15) is 0 Å². The zero-order valence-electron chi connectivity index (χ0n) is 2.26. The third-order valence-corrected chi connectivity index (χ3v) is 0. The number of carbonyl (C=O) groups excluding carboxylic acids is 1. The molecule has 2 radical (unpaired) electrons. The van der Waals surface area contributed by atoms with Crippen molar-refractivity contribution in [2.45, 2.75) is 5.82 Å². The smallest absolute Gasteiger partial charge is 0.281 e. The zero-order valence-corrected chi connectivity index (χ0v) is 3.37. The van der Waals surface area contributed by atoms with Crippen LogP contribution in [-0.4, -0.2) is 6.79 Å². The van der Waals surface area contributed by atoms with Crippen LogP contribution in [0.5, 0.6) is 0 Å². The first-order valence-electron chi connectivity index (χ1n) is 0.558. The van der Waals surface area contributed by atoms with Crippen molar-refractivity contribution in [3.8, 4) is 0 Å². The van der Waals surface area contributed by atoms with Crippen LogP contribution in [0.2, 0.25) is 5.82 Å². The van der Waals surface area contributed by atoms with E-state index in [1.165, 1.54) is 0 Å². The van der Waals surface area contributed by atoms with Gasteiger partial charge in [-0.2, -0.15) is 0 Å². The summed E-state index contributed by atoms with van der Waals surface area (Å²) in [6.07, 6.45) is 0. The Morgan fingerprint density at radius 2 is 1.50 bits per heavy atom. The van der Waals surface area contributed by atoms with Crippen molar-refractivity contribution in [2.24, 2.45) is 0 Å². The van der Waals surface area contributed by atoms with Gasteiger partial charge in [0.2, 0.25) is 0 Å². The van der Waals surface area contributed by atoms with Crippen molar-refractivity contribution in [2.75, 3.05) is 0 Å². The second-order valence-corrected chi connectivity index (χ2v) is 0. The van der Waals surface area contributed by atoms with Crippen molar-refractivity contribution < 1.29 is 20.8 Å². The maximum Gasteiger partial charge on any atom is 0.281 e. The number of hydrogen-bond acceptors (Lipinski definition) is 1. The van der Waals surface area contributed by atoms with Crippen molar-refractivity contribution in [3.63, 3.8) is 0 Å². The van der Waals surface area contributed by atoms with Crippen LogP contribution < -0.4 is 0 Å². The zero-order chi connectivity index (χ0) is 4.00. The maximum atomic E-state index is 7.50. The normalized spacial score (nSPS) is 2.50. The fourth-order valence-corrected chi connectivity index (χ4v) is 0. The van der Waals surface area contributed by atoms with Gasteiger partial charge < -0.3 is 0 Å². The summed E-state index contributed by atoms with van der Waals surface area (Å²) in [6.45, 7) is 4.50. The summed E-state index contributed by atoms with van der Waals surface area (Å²) in [7, 11) is 0. The topological polar surface area (TPSA) is 17.1 Å². The van der Waals surface area contributed by atoms with E-state index in [4.69, 9.17) is 4.79 Å². The average Bonchev–Trinajstić information content (AvgIpc) is 1.50. The fourth-order valence-electron chi connectivity index (χ4n) is 0. The molecule has 0 aromatic rings. The van der Waals surface area contributed by atoms with Crippen LogP contribution in [0.15, 0.2) is 0 Å². The SMILES string of the molecule is [CH3][Fe].[C]=O. The molecule has 0 unspecified atom stereocenters. The van der Waals surface area contributed by atoms with Gasteiger partial charge in [-0.3, -0.25) is 4.79 Å². The average molecular weight is 98.9 g/mol. The first-order chi connectivity index (χ1) is 2.00. The standard InChI is InChI=1S/CO.CH3.Fe/c1-2;;/h;1H3;. The van der Waals surface area contributed by atoms with E-state index >= 15 is 0 Å². The van der Waals surface area contributed by atoms with Crippen LogP contribution in [0.3, 0.4) is 0 Å². The fraction of sp³-hybridized carbons (Fsp3) is 0.500. The van der Waals surface area contributed by atoms with Gasteiger partial charge >= 0.3 is 21.8 Å². The first kappa shape index (κ1) is 8.89. The molecule has 2 heteroatoms. The second-order valence-electron chi connectivity index (χ2n) is 0. The third kappa shape index (κ3) is 86.3. The first-order valence-corrected chi connectivity index (χ1v) is 1.66. The van der Waals surface area contributed by atoms with Crippen LogP contribution in [0.1, 0.15) is 0 Å². The summed E-state index contributed by atoms with van der Waals surface area (Å²) in [5, 5.41) is 0. The molecule has 0 aliphatic heterocycles. The molecule has 0 amide bonds. The molecule has 0 rings (SSSR count). The van der Waals surface area contributed by atoms with Crippen LogP contribution in [0.4, 0.5) is 0 Å². The van der Waals surface area contributed by atoms with Crippen LogP contribution >= 0.6 is 0 Å². The Hall–Kier alpha value is 0.189. The molecule has 25 valence electrons. The summed E-state index contributed by atoms with van der Waals surface area (Å²) in [4.78, 5) is 7.50. The molecule has 0 saturated heterocycles. The van der Waals surface area contributed by atoms with Crippen molar-refractivity contribution in [1.29, 1.82) is 0 Å². The van der Waals surface area contributed by atoms with E-state index in [1.807, 2.05) is 0 Å². The number of hydrogen-bond donors (Lipinski definition) is 0. The van der Waals surface area contributed by atoms with E-state index < -0.39 is 0 Å². The maximum absolute atomic E-state index is 7.50. The van der Waals surface area contributed by atoms with E-state index in [0.717, 1.165) is 0 Å². The Labute approximate surface area is 34.2 Å². The molecule has 0 aliphatic carbocycles. The van der Waals surface area contributed by atoms with Gasteiger partial charge in [0.1, 0.15) is 0 Å². The molecule has 0 aliphatic rings. The minimum atomic E-state index is 1.75. The predicted octanol–water partition coefficient (Wildman–Crippen LogP) is 0.184. The van der Waals surface area contributed by atoms with E-state index in [-0.39, 0.29) is 0 Å². The molecule has 4 heavy (non-hydrogen) atoms. The largest absolute Gasteiger partial charge is 0.281 e. The summed E-state index contributed by atoms with van der Waals surface area (Å²) >= 11 is 3.25. The molecule has 0 N–H and O–H groups in total. The van der Waals surface area contributed by atoms with Crippen molar-refractivity contribution in [3.05, 3.63) is 0 Å². The number of rotatable bonds is 0. The van der Waals surface area contributed by atoms with Crippen molar-refractivity contribution in [1.82, 2.24) is 0 Å².